The van der Waals surface area contributed by atoms with Crippen LogP contribution in [0.3, 0.4) is 0 Å². The van der Waals surface area contributed by atoms with Gasteiger partial charge in [-0.3, -0.25) is 14.8 Å². The van der Waals surface area contributed by atoms with Gasteiger partial charge in [-0.15, -0.1) is 0 Å². The predicted octanol–water partition coefficient (Wildman–Crippen LogP) is 2.99. The van der Waals surface area contributed by atoms with Crippen LogP contribution in [-0.4, -0.2) is 25.7 Å². The third kappa shape index (κ3) is 4.54. The first kappa shape index (κ1) is 18.1. The quantitative estimate of drug-likeness (QED) is 0.553. The lowest BCUT2D eigenvalue weighted by Gasteiger charge is -2.09. The van der Waals surface area contributed by atoms with Crippen molar-refractivity contribution in [1.82, 2.24) is 25.1 Å². The highest BCUT2D eigenvalue weighted by Crippen LogP contribution is 2.16. The van der Waals surface area contributed by atoms with Gasteiger partial charge in [0.1, 0.15) is 0 Å². The average molecular weight is 379 g/mol. The van der Waals surface area contributed by atoms with Crippen LogP contribution in [0.2, 0.25) is 0 Å². The van der Waals surface area contributed by atoms with Crippen molar-refractivity contribution in [1.29, 1.82) is 0 Å². The van der Waals surface area contributed by atoms with Crippen LogP contribution in [0.5, 0.6) is 0 Å². The third-order valence-corrected chi connectivity index (χ3v) is 4.22. The van der Waals surface area contributed by atoms with Crippen LogP contribution in [0.4, 0.5) is 0 Å². The van der Waals surface area contributed by atoms with E-state index in [1.54, 1.807) is 47.8 Å². The number of nitrogens with one attached hydrogen (secondary N) is 1. The molecular formula is C23H17N5O. The van der Waals surface area contributed by atoms with Gasteiger partial charge in [0.25, 0.3) is 5.91 Å². The molecule has 0 aliphatic rings. The maximum absolute atomic E-state index is 12.6. The van der Waals surface area contributed by atoms with E-state index in [1.807, 2.05) is 42.6 Å². The van der Waals surface area contributed by atoms with Crippen LogP contribution >= 0.6 is 0 Å². The Hall–Kier alpha value is -4.24. The number of rotatable bonds is 4. The fourth-order valence-corrected chi connectivity index (χ4v) is 2.75. The Morgan fingerprint density at radius 3 is 2.62 bits per heavy atom. The number of pyridine rings is 2. The summed E-state index contributed by atoms with van der Waals surface area (Å²) in [7, 11) is 0. The molecule has 140 valence electrons. The molecule has 0 bridgehead atoms. The van der Waals surface area contributed by atoms with E-state index in [1.165, 1.54) is 0 Å². The molecule has 0 radical (unpaired) electrons. The van der Waals surface area contributed by atoms with Crippen LogP contribution in [0.25, 0.3) is 5.69 Å². The molecule has 0 aliphatic heterocycles. The van der Waals surface area contributed by atoms with Gasteiger partial charge >= 0.3 is 0 Å². The fourth-order valence-electron chi connectivity index (χ4n) is 2.75. The van der Waals surface area contributed by atoms with Crippen molar-refractivity contribution in [3.05, 3.63) is 108 Å². The molecule has 6 nitrogen and oxygen atoms in total. The normalized spacial score (nSPS) is 10.1. The highest BCUT2D eigenvalue weighted by atomic mass is 16.1. The van der Waals surface area contributed by atoms with Gasteiger partial charge in [0.2, 0.25) is 0 Å². The molecule has 29 heavy (non-hydrogen) atoms. The smallest absolute Gasteiger partial charge is 0.251 e. The molecule has 0 aliphatic carbocycles. The van der Waals surface area contributed by atoms with E-state index in [-0.39, 0.29) is 5.91 Å². The molecule has 1 N–H and O–H groups in total. The Kier molecular flexibility index (Phi) is 5.40. The number of hydrogen-bond donors (Lipinski definition) is 1. The molecule has 4 aromatic rings. The number of carbonyl (C=O) groups is 1. The predicted molar refractivity (Wildman–Crippen MR) is 109 cm³/mol. The van der Waals surface area contributed by atoms with Gasteiger partial charge in [0.15, 0.2) is 0 Å². The molecule has 0 unspecified atom stereocenters. The van der Waals surface area contributed by atoms with Crippen LogP contribution in [0.1, 0.15) is 27.0 Å². The summed E-state index contributed by atoms with van der Waals surface area (Å²) in [6.07, 6.45) is 10.3. The molecule has 3 aromatic heterocycles. The zero-order valence-corrected chi connectivity index (χ0v) is 15.5. The lowest BCUT2D eigenvalue weighted by molar-refractivity contribution is 0.0951. The average Bonchev–Trinajstić information content (AvgIpc) is 3.32. The van der Waals surface area contributed by atoms with Crippen LogP contribution < -0.4 is 5.32 Å². The molecule has 4 rings (SSSR count). The standard InChI is InChI=1S/C23H17N5O/c29-23(26-17-19-8-12-24-13-9-19)21-6-7-22(28-14-2-11-27-28)20(15-21)5-4-18-3-1-10-25-16-18/h1-3,6-16H,17H2,(H,26,29). The van der Waals surface area contributed by atoms with E-state index >= 15 is 0 Å². The number of nitrogens with zero attached hydrogens (tertiary/aromatic N) is 4. The number of amides is 1. The summed E-state index contributed by atoms with van der Waals surface area (Å²) in [5.41, 5.74) is 3.82. The van der Waals surface area contributed by atoms with E-state index in [2.05, 4.69) is 32.2 Å². The monoisotopic (exact) mass is 379 g/mol. The van der Waals surface area contributed by atoms with Gasteiger partial charge in [0, 0.05) is 54.9 Å². The largest absolute Gasteiger partial charge is 0.348 e. The SMILES string of the molecule is O=C(NCc1ccncc1)c1ccc(-n2cccn2)c(C#Cc2cccnc2)c1. The topological polar surface area (TPSA) is 72.7 Å². The molecule has 6 heteroatoms. The minimum atomic E-state index is -0.168. The van der Waals surface area contributed by atoms with Crippen molar-refractivity contribution >= 4 is 5.91 Å². The summed E-state index contributed by atoms with van der Waals surface area (Å²) in [6, 6.07) is 14.7. The van der Waals surface area contributed by atoms with Crippen molar-refractivity contribution in [3.8, 4) is 17.5 Å². The van der Waals surface area contributed by atoms with E-state index in [0.717, 1.165) is 16.8 Å². The van der Waals surface area contributed by atoms with Crippen LogP contribution in [0.15, 0.2) is 85.7 Å². The van der Waals surface area contributed by atoms with Crippen molar-refractivity contribution < 1.29 is 4.79 Å². The second-order valence-corrected chi connectivity index (χ2v) is 6.21. The first-order valence-electron chi connectivity index (χ1n) is 9.03. The second kappa shape index (κ2) is 8.63. The van der Waals surface area contributed by atoms with E-state index < -0.39 is 0 Å². The molecule has 1 aromatic carbocycles. The minimum absolute atomic E-state index is 0.168. The number of hydrogen-bond acceptors (Lipinski definition) is 4. The van der Waals surface area contributed by atoms with Crippen molar-refractivity contribution in [2.24, 2.45) is 0 Å². The zero-order chi connectivity index (χ0) is 19.9. The summed E-state index contributed by atoms with van der Waals surface area (Å²) < 4.78 is 1.73. The number of carbonyl (C=O) groups excluding carboxylic acids is 1. The molecular weight excluding hydrogens is 362 g/mol. The van der Waals surface area contributed by atoms with Gasteiger partial charge in [-0.1, -0.05) is 11.8 Å². The molecule has 0 saturated heterocycles. The molecule has 0 saturated carbocycles. The summed E-state index contributed by atoms with van der Waals surface area (Å²) in [4.78, 5) is 20.7. The Balaban J connectivity index is 1.62. The van der Waals surface area contributed by atoms with E-state index in [0.29, 0.717) is 17.7 Å². The molecule has 1 amide bonds. The van der Waals surface area contributed by atoms with E-state index in [4.69, 9.17) is 0 Å². The summed E-state index contributed by atoms with van der Waals surface area (Å²) >= 11 is 0. The lowest BCUT2D eigenvalue weighted by atomic mass is 10.1. The highest BCUT2D eigenvalue weighted by molar-refractivity contribution is 5.95. The Labute approximate surface area is 168 Å². The molecule has 0 atom stereocenters. The van der Waals surface area contributed by atoms with Crippen LogP contribution in [-0.2, 0) is 6.54 Å². The fraction of sp³-hybridized carbons (Fsp3) is 0.0435. The van der Waals surface area contributed by atoms with E-state index in [9.17, 15) is 4.79 Å². The zero-order valence-electron chi connectivity index (χ0n) is 15.5. The van der Waals surface area contributed by atoms with Gasteiger partial charge in [-0.25, -0.2) is 4.68 Å². The molecule has 3 heterocycles. The first-order valence-corrected chi connectivity index (χ1v) is 9.03. The molecule has 0 spiro atoms. The summed E-state index contributed by atoms with van der Waals surface area (Å²) in [5, 5.41) is 7.21. The van der Waals surface area contributed by atoms with Gasteiger partial charge in [0.05, 0.1) is 11.3 Å². The maximum Gasteiger partial charge on any atom is 0.251 e. The lowest BCUT2D eigenvalue weighted by Crippen LogP contribution is -2.23. The first-order chi connectivity index (χ1) is 14.3. The van der Waals surface area contributed by atoms with Crippen LogP contribution in [0, 0.1) is 11.8 Å². The van der Waals surface area contributed by atoms with Crippen molar-refractivity contribution in [2.45, 2.75) is 6.54 Å². The van der Waals surface area contributed by atoms with Gasteiger partial charge in [-0.05, 0) is 54.1 Å². The maximum atomic E-state index is 12.6. The Morgan fingerprint density at radius 2 is 1.86 bits per heavy atom. The number of benzene rings is 1. The van der Waals surface area contributed by atoms with Gasteiger partial charge < -0.3 is 5.32 Å². The number of aromatic nitrogens is 4. The Morgan fingerprint density at radius 1 is 0.966 bits per heavy atom. The van der Waals surface area contributed by atoms with Gasteiger partial charge in [-0.2, -0.15) is 5.10 Å². The molecule has 0 fully saturated rings. The van der Waals surface area contributed by atoms with Crippen molar-refractivity contribution in [3.63, 3.8) is 0 Å². The summed E-state index contributed by atoms with van der Waals surface area (Å²) in [5.74, 6) is 6.07. The summed E-state index contributed by atoms with van der Waals surface area (Å²) in [6.45, 7) is 0.430. The second-order valence-electron chi connectivity index (χ2n) is 6.21. The Bertz CT molecular complexity index is 1160. The highest BCUT2D eigenvalue weighted by Gasteiger charge is 2.10. The van der Waals surface area contributed by atoms with Crippen molar-refractivity contribution in [2.75, 3.05) is 0 Å². The minimum Gasteiger partial charge on any atom is -0.348 e. The third-order valence-electron chi connectivity index (χ3n) is 4.22.